The molecule has 1 aromatic carbocycles. The van der Waals surface area contributed by atoms with Crippen LogP contribution in [-0.2, 0) is 4.74 Å². The SMILES string of the molecule is Nc1cccc(OCCOC2CCCCCC2)c1. The molecule has 0 bridgehead atoms. The first-order chi connectivity index (χ1) is 8.84. The minimum atomic E-state index is 0.442. The number of ether oxygens (including phenoxy) is 2. The van der Waals surface area contributed by atoms with Gasteiger partial charge in [-0.25, -0.2) is 0 Å². The zero-order chi connectivity index (χ0) is 12.6. The highest BCUT2D eigenvalue weighted by Crippen LogP contribution is 2.20. The van der Waals surface area contributed by atoms with Crippen LogP contribution in [-0.4, -0.2) is 19.3 Å². The first-order valence-corrected chi connectivity index (χ1v) is 6.94. The number of rotatable bonds is 5. The predicted molar refractivity (Wildman–Crippen MR) is 73.8 cm³/mol. The standard InChI is InChI=1S/C15H23NO2/c16-13-6-5-9-15(12-13)18-11-10-17-14-7-3-1-2-4-8-14/h5-6,9,12,14H,1-4,7-8,10-11,16H2. The average Bonchev–Trinajstić information content (AvgIpc) is 2.63. The molecule has 1 aliphatic carbocycles. The normalized spacial score (nSPS) is 17.3. The zero-order valence-corrected chi connectivity index (χ0v) is 10.9. The van der Waals surface area contributed by atoms with E-state index in [2.05, 4.69) is 0 Å². The molecule has 2 rings (SSSR count). The van der Waals surface area contributed by atoms with Crippen LogP contribution < -0.4 is 10.5 Å². The Hall–Kier alpha value is -1.22. The van der Waals surface area contributed by atoms with Gasteiger partial charge in [0, 0.05) is 11.8 Å². The van der Waals surface area contributed by atoms with Gasteiger partial charge in [0.15, 0.2) is 0 Å². The lowest BCUT2D eigenvalue weighted by Gasteiger charge is -2.15. The Morgan fingerprint density at radius 2 is 1.83 bits per heavy atom. The summed E-state index contributed by atoms with van der Waals surface area (Å²) in [6.45, 7) is 1.26. The fraction of sp³-hybridized carbons (Fsp3) is 0.600. The molecule has 18 heavy (non-hydrogen) atoms. The third-order valence-corrected chi connectivity index (χ3v) is 3.37. The van der Waals surface area contributed by atoms with E-state index in [1.807, 2.05) is 24.3 Å². The van der Waals surface area contributed by atoms with Gasteiger partial charge in [-0.1, -0.05) is 31.7 Å². The summed E-state index contributed by atoms with van der Waals surface area (Å²) in [5.74, 6) is 0.819. The van der Waals surface area contributed by atoms with Crippen molar-refractivity contribution in [1.29, 1.82) is 0 Å². The fourth-order valence-electron chi connectivity index (χ4n) is 2.39. The van der Waals surface area contributed by atoms with Gasteiger partial charge in [-0.2, -0.15) is 0 Å². The molecule has 1 aliphatic rings. The van der Waals surface area contributed by atoms with Gasteiger partial charge in [0.1, 0.15) is 12.4 Å². The van der Waals surface area contributed by atoms with Gasteiger partial charge in [0.25, 0.3) is 0 Å². The Kier molecular flexibility index (Phi) is 5.34. The molecule has 3 heteroatoms. The molecule has 1 fully saturated rings. The summed E-state index contributed by atoms with van der Waals surface area (Å²) in [7, 11) is 0. The molecule has 2 N–H and O–H groups in total. The van der Waals surface area contributed by atoms with Crippen molar-refractivity contribution in [2.45, 2.75) is 44.6 Å². The van der Waals surface area contributed by atoms with E-state index in [-0.39, 0.29) is 0 Å². The van der Waals surface area contributed by atoms with Crippen molar-refractivity contribution in [2.75, 3.05) is 18.9 Å². The maximum atomic E-state index is 5.86. The van der Waals surface area contributed by atoms with Crippen LogP contribution in [0.25, 0.3) is 0 Å². The van der Waals surface area contributed by atoms with Gasteiger partial charge in [-0.05, 0) is 25.0 Å². The monoisotopic (exact) mass is 249 g/mol. The summed E-state index contributed by atoms with van der Waals surface area (Å²) >= 11 is 0. The van der Waals surface area contributed by atoms with Crippen molar-refractivity contribution in [2.24, 2.45) is 0 Å². The highest BCUT2D eigenvalue weighted by Gasteiger charge is 2.12. The summed E-state index contributed by atoms with van der Waals surface area (Å²) in [6.07, 6.45) is 8.19. The van der Waals surface area contributed by atoms with Gasteiger partial charge in [-0.3, -0.25) is 0 Å². The van der Waals surface area contributed by atoms with Gasteiger partial charge in [-0.15, -0.1) is 0 Å². The van der Waals surface area contributed by atoms with Crippen molar-refractivity contribution in [3.8, 4) is 5.75 Å². The topological polar surface area (TPSA) is 44.5 Å². The molecule has 3 nitrogen and oxygen atoms in total. The van der Waals surface area contributed by atoms with Crippen LogP contribution in [0.2, 0.25) is 0 Å². The van der Waals surface area contributed by atoms with Crippen molar-refractivity contribution in [1.82, 2.24) is 0 Å². The van der Waals surface area contributed by atoms with Crippen LogP contribution in [0, 0.1) is 0 Å². The van der Waals surface area contributed by atoms with Gasteiger partial charge >= 0.3 is 0 Å². The molecule has 0 atom stereocenters. The van der Waals surface area contributed by atoms with E-state index >= 15 is 0 Å². The second kappa shape index (κ2) is 7.27. The summed E-state index contributed by atoms with van der Waals surface area (Å²) in [6, 6.07) is 7.51. The maximum absolute atomic E-state index is 5.86. The van der Waals surface area contributed by atoms with Crippen LogP contribution in [0.1, 0.15) is 38.5 Å². The van der Waals surface area contributed by atoms with Crippen LogP contribution in [0.5, 0.6) is 5.75 Å². The molecule has 1 aromatic rings. The molecule has 0 aromatic heterocycles. The molecule has 0 aliphatic heterocycles. The molecule has 0 unspecified atom stereocenters. The van der Waals surface area contributed by atoms with Crippen molar-refractivity contribution < 1.29 is 9.47 Å². The van der Waals surface area contributed by atoms with Gasteiger partial charge in [0.05, 0.1) is 12.7 Å². The fourth-order valence-corrected chi connectivity index (χ4v) is 2.39. The molecule has 0 amide bonds. The van der Waals surface area contributed by atoms with Gasteiger partial charge in [0.2, 0.25) is 0 Å². The second-order valence-electron chi connectivity index (χ2n) is 4.91. The van der Waals surface area contributed by atoms with E-state index in [1.165, 1.54) is 38.5 Å². The van der Waals surface area contributed by atoms with E-state index in [9.17, 15) is 0 Å². The van der Waals surface area contributed by atoms with E-state index < -0.39 is 0 Å². The molecule has 0 spiro atoms. The van der Waals surface area contributed by atoms with Crippen molar-refractivity contribution >= 4 is 5.69 Å². The highest BCUT2D eigenvalue weighted by molar-refractivity contribution is 5.43. The second-order valence-corrected chi connectivity index (χ2v) is 4.91. The minimum absolute atomic E-state index is 0.442. The molecule has 0 saturated heterocycles. The molecular formula is C15H23NO2. The summed E-state index contributed by atoms with van der Waals surface area (Å²) in [5.41, 5.74) is 6.42. The maximum Gasteiger partial charge on any atom is 0.121 e. The minimum Gasteiger partial charge on any atom is -0.491 e. The Balaban J connectivity index is 1.63. The third-order valence-electron chi connectivity index (χ3n) is 3.37. The zero-order valence-electron chi connectivity index (χ0n) is 10.9. The lowest BCUT2D eigenvalue weighted by Crippen LogP contribution is -2.16. The Morgan fingerprint density at radius 1 is 1.06 bits per heavy atom. The predicted octanol–water partition coefficient (Wildman–Crippen LogP) is 3.39. The van der Waals surface area contributed by atoms with Crippen LogP contribution in [0.4, 0.5) is 5.69 Å². The number of anilines is 1. The first kappa shape index (κ1) is 13.2. The third kappa shape index (κ3) is 4.57. The number of nitrogens with two attached hydrogens (primary N) is 1. The smallest absolute Gasteiger partial charge is 0.121 e. The van der Waals surface area contributed by atoms with Crippen molar-refractivity contribution in [3.05, 3.63) is 24.3 Å². The van der Waals surface area contributed by atoms with E-state index in [1.54, 1.807) is 0 Å². The average molecular weight is 249 g/mol. The van der Waals surface area contributed by atoms with E-state index in [0.717, 1.165) is 11.4 Å². The highest BCUT2D eigenvalue weighted by atomic mass is 16.5. The molecule has 100 valence electrons. The quantitative estimate of drug-likeness (QED) is 0.494. The Labute approximate surface area is 109 Å². The van der Waals surface area contributed by atoms with Gasteiger partial charge < -0.3 is 15.2 Å². The number of nitrogen functional groups attached to an aromatic ring is 1. The Morgan fingerprint density at radius 3 is 2.56 bits per heavy atom. The summed E-state index contributed by atoms with van der Waals surface area (Å²) in [5, 5.41) is 0. The van der Waals surface area contributed by atoms with Crippen LogP contribution in [0.15, 0.2) is 24.3 Å². The van der Waals surface area contributed by atoms with Crippen LogP contribution in [0.3, 0.4) is 0 Å². The summed E-state index contributed by atoms with van der Waals surface area (Å²) in [4.78, 5) is 0. The van der Waals surface area contributed by atoms with E-state index in [4.69, 9.17) is 15.2 Å². The number of hydrogen-bond donors (Lipinski definition) is 1. The molecule has 1 saturated carbocycles. The Bertz CT molecular complexity index is 346. The largest absolute Gasteiger partial charge is 0.491 e. The molecular weight excluding hydrogens is 226 g/mol. The first-order valence-electron chi connectivity index (χ1n) is 6.94. The van der Waals surface area contributed by atoms with E-state index in [0.29, 0.717) is 19.3 Å². The lowest BCUT2D eigenvalue weighted by molar-refractivity contribution is 0.0254. The molecule has 0 radical (unpaired) electrons. The molecule has 0 heterocycles. The lowest BCUT2D eigenvalue weighted by atomic mass is 10.1. The van der Waals surface area contributed by atoms with Crippen LogP contribution >= 0.6 is 0 Å². The number of benzene rings is 1. The van der Waals surface area contributed by atoms with Crippen molar-refractivity contribution in [3.63, 3.8) is 0 Å². The summed E-state index contributed by atoms with van der Waals surface area (Å²) < 4.78 is 11.5. The number of hydrogen-bond acceptors (Lipinski definition) is 3.